The molecule has 80 valence electrons. The predicted octanol–water partition coefficient (Wildman–Crippen LogP) is 1.17. The lowest BCUT2D eigenvalue weighted by molar-refractivity contribution is -0.122. The van der Waals surface area contributed by atoms with Crippen molar-refractivity contribution in [3.63, 3.8) is 0 Å². The highest BCUT2D eigenvalue weighted by molar-refractivity contribution is 5.80. The van der Waals surface area contributed by atoms with Crippen molar-refractivity contribution in [2.75, 3.05) is 11.9 Å². The van der Waals surface area contributed by atoms with Gasteiger partial charge in [0.1, 0.15) is 0 Å². The van der Waals surface area contributed by atoms with Crippen LogP contribution in [0.15, 0.2) is 24.3 Å². The number of carbonyl (C=O) groups excluding carboxylic acids is 1. The Balaban J connectivity index is 2.41. The number of hydrogen-bond acceptors (Lipinski definition) is 2. The van der Waals surface area contributed by atoms with Gasteiger partial charge in [0.05, 0.1) is 5.92 Å². The molecule has 1 heterocycles. The SMILES string of the molecule is CC1C(C(N)=O)Cc2ccccc2N1C. The highest BCUT2D eigenvalue weighted by atomic mass is 16.1. The maximum Gasteiger partial charge on any atom is 0.222 e. The minimum absolute atomic E-state index is 0.0788. The third kappa shape index (κ3) is 1.58. The zero-order valence-electron chi connectivity index (χ0n) is 9.10. The smallest absolute Gasteiger partial charge is 0.222 e. The molecule has 1 amide bonds. The van der Waals surface area contributed by atoms with Crippen LogP contribution in [0.3, 0.4) is 0 Å². The highest BCUT2D eigenvalue weighted by Crippen LogP contribution is 2.32. The van der Waals surface area contributed by atoms with Crippen LogP contribution in [0.5, 0.6) is 0 Å². The Labute approximate surface area is 89.9 Å². The van der Waals surface area contributed by atoms with Gasteiger partial charge in [0.25, 0.3) is 0 Å². The topological polar surface area (TPSA) is 46.3 Å². The van der Waals surface area contributed by atoms with Crippen LogP contribution in [0, 0.1) is 5.92 Å². The van der Waals surface area contributed by atoms with Crippen molar-refractivity contribution >= 4 is 11.6 Å². The van der Waals surface area contributed by atoms with Gasteiger partial charge in [-0.05, 0) is 25.0 Å². The molecule has 3 nitrogen and oxygen atoms in total. The lowest BCUT2D eigenvalue weighted by Gasteiger charge is -2.38. The number of benzene rings is 1. The summed E-state index contributed by atoms with van der Waals surface area (Å²) in [4.78, 5) is 13.4. The Hall–Kier alpha value is -1.51. The van der Waals surface area contributed by atoms with E-state index in [2.05, 4.69) is 17.0 Å². The number of nitrogens with zero attached hydrogens (tertiary/aromatic N) is 1. The third-order valence-electron chi connectivity index (χ3n) is 3.37. The average molecular weight is 204 g/mol. The molecule has 1 aromatic carbocycles. The number of carbonyl (C=O) groups is 1. The second kappa shape index (κ2) is 3.57. The van der Waals surface area contributed by atoms with Gasteiger partial charge >= 0.3 is 0 Å². The van der Waals surface area contributed by atoms with E-state index in [-0.39, 0.29) is 17.9 Å². The molecule has 3 heteroatoms. The first kappa shape index (κ1) is 10.0. The van der Waals surface area contributed by atoms with Crippen molar-refractivity contribution < 1.29 is 4.79 Å². The van der Waals surface area contributed by atoms with E-state index in [0.717, 1.165) is 6.42 Å². The molecule has 2 N–H and O–H groups in total. The number of nitrogens with two attached hydrogens (primary N) is 1. The summed E-state index contributed by atoms with van der Waals surface area (Å²) in [7, 11) is 2.01. The molecule has 1 aliphatic rings. The molecule has 0 saturated heterocycles. The molecule has 2 rings (SSSR count). The summed E-state index contributed by atoms with van der Waals surface area (Å²) in [6.07, 6.45) is 0.761. The summed E-state index contributed by atoms with van der Waals surface area (Å²) in [5.41, 5.74) is 7.83. The normalized spacial score (nSPS) is 24.8. The zero-order chi connectivity index (χ0) is 11.0. The van der Waals surface area contributed by atoms with Crippen molar-refractivity contribution in [3.8, 4) is 0 Å². The molecule has 0 fully saturated rings. The quantitative estimate of drug-likeness (QED) is 0.746. The highest BCUT2D eigenvalue weighted by Gasteiger charge is 2.32. The van der Waals surface area contributed by atoms with Gasteiger partial charge in [0, 0.05) is 18.8 Å². The first-order valence-electron chi connectivity index (χ1n) is 5.21. The molecule has 0 bridgehead atoms. The van der Waals surface area contributed by atoms with Gasteiger partial charge in [-0.2, -0.15) is 0 Å². The summed E-state index contributed by atoms with van der Waals surface area (Å²) in [5, 5.41) is 0. The molecule has 0 saturated carbocycles. The van der Waals surface area contributed by atoms with Gasteiger partial charge in [-0.1, -0.05) is 18.2 Å². The van der Waals surface area contributed by atoms with E-state index in [9.17, 15) is 4.79 Å². The maximum atomic E-state index is 11.3. The maximum absolute atomic E-state index is 11.3. The Bertz CT molecular complexity index is 389. The van der Waals surface area contributed by atoms with Crippen LogP contribution in [-0.2, 0) is 11.2 Å². The van der Waals surface area contributed by atoms with Crippen LogP contribution in [0.4, 0.5) is 5.69 Å². The van der Waals surface area contributed by atoms with Crippen molar-refractivity contribution in [1.82, 2.24) is 0 Å². The first-order valence-corrected chi connectivity index (χ1v) is 5.21. The molecule has 2 atom stereocenters. The van der Waals surface area contributed by atoms with Gasteiger partial charge in [-0.3, -0.25) is 4.79 Å². The fourth-order valence-electron chi connectivity index (χ4n) is 2.26. The predicted molar refractivity (Wildman–Crippen MR) is 60.7 cm³/mol. The van der Waals surface area contributed by atoms with Crippen LogP contribution < -0.4 is 10.6 Å². The third-order valence-corrected chi connectivity index (χ3v) is 3.37. The van der Waals surface area contributed by atoms with Gasteiger partial charge in [0.2, 0.25) is 5.91 Å². The minimum atomic E-state index is -0.205. The summed E-state index contributed by atoms with van der Waals surface area (Å²) in [6.45, 7) is 2.05. The summed E-state index contributed by atoms with van der Waals surface area (Å²) in [5.74, 6) is -0.284. The number of para-hydroxylation sites is 1. The van der Waals surface area contributed by atoms with Gasteiger partial charge in [-0.25, -0.2) is 0 Å². The zero-order valence-corrected chi connectivity index (χ0v) is 9.10. The lowest BCUT2D eigenvalue weighted by atomic mass is 9.86. The standard InChI is InChI=1S/C12H16N2O/c1-8-10(12(13)15)7-9-5-3-4-6-11(9)14(8)2/h3-6,8,10H,7H2,1-2H3,(H2,13,15). The van der Waals surface area contributed by atoms with Crippen LogP contribution in [0.2, 0.25) is 0 Å². The van der Waals surface area contributed by atoms with Gasteiger partial charge in [-0.15, -0.1) is 0 Å². The summed E-state index contributed by atoms with van der Waals surface area (Å²) in [6, 6.07) is 8.35. The van der Waals surface area contributed by atoms with Crippen molar-refractivity contribution in [3.05, 3.63) is 29.8 Å². The fraction of sp³-hybridized carbons (Fsp3) is 0.417. The Kier molecular flexibility index (Phi) is 2.39. The van der Waals surface area contributed by atoms with Crippen molar-refractivity contribution in [2.24, 2.45) is 11.7 Å². The van der Waals surface area contributed by atoms with Crippen molar-refractivity contribution in [2.45, 2.75) is 19.4 Å². The van der Waals surface area contributed by atoms with Crippen LogP contribution in [0.25, 0.3) is 0 Å². The number of fused-ring (bicyclic) bond motifs is 1. The van der Waals surface area contributed by atoms with Crippen LogP contribution in [0.1, 0.15) is 12.5 Å². The molecule has 1 aromatic rings. The Morgan fingerprint density at radius 3 is 2.80 bits per heavy atom. The van der Waals surface area contributed by atoms with E-state index >= 15 is 0 Å². The molecular formula is C12H16N2O. The second-order valence-corrected chi connectivity index (χ2v) is 4.19. The summed E-state index contributed by atoms with van der Waals surface area (Å²) < 4.78 is 0. The van der Waals surface area contributed by atoms with Crippen LogP contribution >= 0.6 is 0 Å². The lowest BCUT2D eigenvalue weighted by Crippen LogP contribution is -2.46. The molecule has 0 aromatic heterocycles. The molecule has 1 aliphatic heterocycles. The second-order valence-electron chi connectivity index (χ2n) is 4.19. The molecule has 0 aliphatic carbocycles. The van der Waals surface area contributed by atoms with E-state index in [1.165, 1.54) is 11.3 Å². The molecule has 0 spiro atoms. The number of primary amides is 1. The van der Waals surface area contributed by atoms with Crippen molar-refractivity contribution in [1.29, 1.82) is 0 Å². The molecular weight excluding hydrogens is 188 g/mol. The van der Waals surface area contributed by atoms with E-state index in [4.69, 9.17) is 5.73 Å². The molecule has 2 unspecified atom stereocenters. The molecule has 15 heavy (non-hydrogen) atoms. The van der Waals surface area contributed by atoms with E-state index < -0.39 is 0 Å². The minimum Gasteiger partial charge on any atom is -0.371 e. The monoisotopic (exact) mass is 204 g/mol. The summed E-state index contributed by atoms with van der Waals surface area (Å²) >= 11 is 0. The Morgan fingerprint density at radius 1 is 1.47 bits per heavy atom. The van der Waals surface area contributed by atoms with E-state index in [0.29, 0.717) is 0 Å². The first-order chi connectivity index (χ1) is 7.11. The van der Waals surface area contributed by atoms with Crippen LogP contribution in [-0.4, -0.2) is 19.0 Å². The largest absolute Gasteiger partial charge is 0.371 e. The fourth-order valence-corrected chi connectivity index (χ4v) is 2.26. The number of anilines is 1. The molecule has 0 radical (unpaired) electrons. The average Bonchev–Trinajstić information content (AvgIpc) is 2.23. The van der Waals surface area contributed by atoms with Gasteiger partial charge in [0.15, 0.2) is 0 Å². The van der Waals surface area contributed by atoms with E-state index in [1.54, 1.807) is 0 Å². The number of hydrogen-bond donors (Lipinski definition) is 1. The number of amides is 1. The van der Waals surface area contributed by atoms with E-state index in [1.807, 2.05) is 26.1 Å². The van der Waals surface area contributed by atoms with Gasteiger partial charge < -0.3 is 10.6 Å². The Morgan fingerprint density at radius 2 is 2.13 bits per heavy atom. The number of rotatable bonds is 1.